The summed E-state index contributed by atoms with van der Waals surface area (Å²) in [6.07, 6.45) is 2.02. The lowest BCUT2D eigenvalue weighted by molar-refractivity contribution is -0.124. The van der Waals surface area contributed by atoms with E-state index in [1.807, 2.05) is 0 Å². The second kappa shape index (κ2) is 4.34. The summed E-state index contributed by atoms with van der Waals surface area (Å²) in [4.78, 5) is 11.3. The third kappa shape index (κ3) is 2.50. The summed E-state index contributed by atoms with van der Waals surface area (Å²) in [7, 11) is 0. The van der Waals surface area contributed by atoms with Gasteiger partial charge in [-0.15, -0.1) is 0 Å². The molecule has 2 N–H and O–H groups in total. The van der Waals surface area contributed by atoms with Gasteiger partial charge in [-0.25, -0.2) is 0 Å². The number of amides is 1. The molecular weight excluding hydrogens is 140 g/mol. The second-order valence-electron chi connectivity index (χ2n) is 2.98. The average molecular weight is 156 g/mol. The van der Waals surface area contributed by atoms with Crippen molar-refractivity contribution in [2.24, 2.45) is 5.92 Å². The molecule has 3 nitrogen and oxygen atoms in total. The van der Waals surface area contributed by atoms with Crippen LogP contribution in [0.5, 0.6) is 0 Å². The SMILES string of the molecule is CCCNC(=O)C1CCNC1. The van der Waals surface area contributed by atoms with Gasteiger partial charge >= 0.3 is 0 Å². The molecule has 0 aromatic carbocycles. The van der Waals surface area contributed by atoms with Crippen LogP contribution >= 0.6 is 0 Å². The molecule has 3 heteroatoms. The van der Waals surface area contributed by atoms with Gasteiger partial charge in [0.15, 0.2) is 0 Å². The first-order valence-corrected chi connectivity index (χ1v) is 4.33. The van der Waals surface area contributed by atoms with Crippen molar-refractivity contribution in [1.82, 2.24) is 10.6 Å². The van der Waals surface area contributed by atoms with Crippen LogP contribution in [-0.4, -0.2) is 25.5 Å². The maximum absolute atomic E-state index is 11.3. The molecule has 1 aliphatic rings. The Morgan fingerprint density at radius 3 is 3.09 bits per heavy atom. The molecule has 1 fully saturated rings. The molecule has 0 bridgehead atoms. The number of carbonyl (C=O) groups excluding carboxylic acids is 1. The quantitative estimate of drug-likeness (QED) is 0.609. The van der Waals surface area contributed by atoms with Gasteiger partial charge < -0.3 is 10.6 Å². The van der Waals surface area contributed by atoms with Crippen LogP contribution in [0, 0.1) is 5.92 Å². The van der Waals surface area contributed by atoms with Crippen molar-refractivity contribution < 1.29 is 4.79 Å². The molecule has 0 aromatic heterocycles. The van der Waals surface area contributed by atoms with Gasteiger partial charge in [0.25, 0.3) is 0 Å². The van der Waals surface area contributed by atoms with E-state index in [0.717, 1.165) is 32.5 Å². The molecule has 1 heterocycles. The van der Waals surface area contributed by atoms with Gasteiger partial charge in [-0.3, -0.25) is 4.79 Å². The number of hydrogen-bond donors (Lipinski definition) is 2. The standard InChI is InChI=1S/C8H16N2O/c1-2-4-10-8(11)7-3-5-9-6-7/h7,9H,2-6H2,1H3,(H,10,11). The largest absolute Gasteiger partial charge is 0.356 e. The maximum atomic E-state index is 11.3. The zero-order valence-corrected chi connectivity index (χ0v) is 7.02. The Morgan fingerprint density at radius 2 is 2.55 bits per heavy atom. The van der Waals surface area contributed by atoms with Crippen LogP contribution in [0.1, 0.15) is 19.8 Å². The summed E-state index contributed by atoms with van der Waals surface area (Å²) < 4.78 is 0. The molecule has 1 amide bonds. The topological polar surface area (TPSA) is 41.1 Å². The normalized spacial score (nSPS) is 23.5. The Labute approximate surface area is 67.5 Å². The van der Waals surface area contributed by atoms with E-state index in [9.17, 15) is 4.79 Å². The first-order valence-electron chi connectivity index (χ1n) is 4.33. The molecule has 1 atom stereocenters. The van der Waals surface area contributed by atoms with Crippen LogP contribution in [-0.2, 0) is 4.79 Å². The Balaban J connectivity index is 2.17. The second-order valence-corrected chi connectivity index (χ2v) is 2.98. The van der Waals surface area contributed by atoms with Crippen molar-refractivity contribution in [2.75, 3.05) is 19.6 Å². The molecule has 0 radical (unpaired) electrons. The molecule has 0 saturated carbocycles. The smallest absolute Gasteiger partial charge is 0.224 e. The van der Waals surface area contributed by atoms with Crippen LogP contribution in [0.15, 0.2) is 0 Å². The zero-order chi connectivity index (χ0) is 8.10. The molecule has 0 aromatic rings. The highest BCUT2D eigenvalue weighted by molar-refractivity contribution is 5.79. The fraction of sp³-hybridized carbons (Fsp3) is 0.875. The number of nitrogens with one attached hydrogen (secondary N) is 2. The van der Waals surface area contributed by atoms with Crippen LogP contribution < -0.4 is 10.6 Å². The summed E-state index contributed by atoms with van der Waals surface area (Å²) in [5.74, 6) is 0.443. The summed E-state index contributed by atoms with van der Waals surface area (Å²) in [6, 6.07) is 0. The van der Waals surface area contributed by atoms with E-state index in [1.54, 1.807) is 0 Å². The van der Waals surface area contributed by atoms with E-state index in [2.05, 4.69) is 17.6 Å². The highest BCUT2D eigenvalue weighted by Crippen LogP contribution is 2.06. The third-order valence-electron chi connectivity index (χ3n) is 1.98. The highest BCUT2D eigenvalue weighted by Gasteiger charge is 2.21. The number of rotatable bonds is 3. The lowest BCUT2D eigenvalue weighted by Crippen LogP contribution is -2.32. The van der Waals surface area contributed by atoms with Gasteiger partial charge in [-0.1, -0.05) is 6.92 Å². The van der Waals surface area contributed by atoms with E-state index < -0.39 is 0 Å². The molecule has 1 rings (SSSR count). The summed E-state index contributed by atoms with van der Waals surface area (Å²) >= 11 is 0. The molecule has 1 aliphatic heterocycles. The molecular formula is C8H16N2O. The van der Waals surface area contributed by atoms with Crippen LogP contribution in [0.4, 0.5) is 0 Å². The minimum Gasteiger partial charge on any atom is -0.356 e. The minimum atomic E-state index is 0.219. The Bertz CT molecular complexity index is 130. The molecule has 1 saturated heterocycles. The summed E-state index contributed by atoms with van der Waals surface area (Å²) in [5.41, 5.74) is 0. The van der Waals surface area contributed by atoms with Crippen molar-refractivity contribution in [2.45, 2.75) is 19.8 Å². The fourth-order valence-electron chi connectivity index (χ4n) is 1.27. The molecule has 1 unspecified atom stereocenters. The third-order valence-corrected chi connectivity index (χ3v) is 1.98. The Kier molecular flexibility index (Phi) is 3.36. The van der Waals surface area contributed by atoms with Crippen molar-refractivity contribution in [3.05, 3.63) is 0 Å². The predicted molar refractivity (Wildman–Crippen MR) is 44.3 cm³/mol. The first kappa shape index (κ1) is 8.53. The van der Waals surface area contributed by atoms with Gasteiger partial charge in [0.1, 0.15) is 0 Å². The van der Waals surface area contributed by atoms with Crippen molar-refractivity contribution in [1.29, 1.82) is 0 Å². The van der Waals surface area contributed by atoms with Crippen molar-refractivity contribution >= 4 is 5.91 Å². The Hall–Kier alpha value is -0.570. The van der Waals surface area contributed by atoms with E-state index in [0.29, 0.717) is 0 Å². The molecule has 11 heavy (non-hydrogen) atoms. The molecule has 0 spiro atoms. The summed E-state index contributed by atoms with van der Waals surface area (Å²) in [6.45, 7) is 4.72. The van der Waals surface area contributed by atoms with Crippen LogP contribution in [0.2, 0.25) is 0 Å². The first-order chi connectivity index (χ1) is 5.34. The van der Waals surface area contributed by atoms with E-state index in [4.69, 9.17) is 0 Å². The number of hydrogen-bond acceptors (Lipinski definition) is 2. The monoisotopic (exact) mass is 156 g/mol. The van der Waals surface area contributed by atoms with Gasteiger partial charge in [0.05, 0.1) is 5.92 Å². The zero-order valence-electron chi connectivity index (χ0n) is 7.02. The van der Waals surface area contributed by atoms with E-state index in [1.165, 1.54) is 0 Å². The van der Waals surface area contributed by atoms with Crippen LogP contribution in [0.3, 0.4) is 0 Å². The molecule has 64 valence electrons. The average Bonchev–Trinajstić information content (AvgIpc) is 2.52. The van der Waals surface area contributed by atoms with Gasteiger partial charge in [0.2, 0.25) is 5.91 Å². The van der Waals surface area contributed by atoms with Gasteiger partial charge in [-0.2, -0.15) is 0 Å². The predicted octanol–water partition coefficient (Wildman–Crippen LogP) is 0.122. The molecule has 0 aliphatic carbocycles. The highest BCUT2D eigenvalue weighted by atomic mass is 16.1. The van der Waals surface area contributed by atoms with E-state index >= 15 is 0 Å². The van der Waals surface area contributed by atoms with Gasteiger partial charge in [0, 0.05) is 13.1 Å². The lowest BCUT2D eigenvalue weighted by Gasteiger charge is -2.07. The van der Waals surface area contributed by atoms with Gasteiger partial charge in [-0.05, 0) is 19.4 Å². The van der Waals surface area contributed by atoms with E-state index in [-0.39, 0.29) is 11.8 Å². The maximum Gasteiger partial charge on any atom is 0.224 e. The number of carbonyl (C=O) groups is 1. The summed E-state index contributed by atoms with van der Waals surface area (Å²) in [5, 5.41) is 6.06. The van der Waals surface area contributed by atoms with Crippen molar-refractivity contribution in [3.8, 4) is 0 Å². The lowest BCUT2D eigenvalue weighted by atomic mass is 10.1. The Morgan fingerprint density at radius 1 is 1.73 bits per heavy atom. The minimum absolute atomic E-state index is 0.219. The fourth-order valence-corrected chi connectivity index (χ4v) is 1.27. The van der Waals surface area contributed by atoms with Crippen LogP contribution in [0.25, 0.3) is 0 Å². The van der Waals surface area contributed by atoms with Crippen molar-refractivity contribution in [3.63, 3.8) is 0 Å².